The number of rotatable bonds is 6. The highest BCUT2D eigenvalue weighted by atomic mass is 32.2. The average molecular weight is 480 g/mol. The number of anilines is 1. The maximum absolute atomic E-state index is 13.2. The van der Waals surface area contributed by atoms with E-state index >= 15 is 0 Å². The molecule has 0 fully saturated rings. The number of methoxy groups -OCH3 is 2. The first-order chi connectivity index (χ1) is 16.2. The highest BCUT2D eigenvalue weighted by molar-refractivity contribution is 7.92. The van der Waals surface area contributed by atoms with Crippen molar-refractivity contribution in [3.8, 4) is 17.2 Å². The number of aromatic nitrogens is 2. The summed E-state index contributed by atoms with van der Waals surface area (Å²) < 4.78 is 41.2. The van der Waals surface area contributed by atoms with Gasteiger partial charge in [-0.25, -0.2) is 13.4 Å². The van der Waals surface area contributed by atoms with Crippen molar-refractivity contribution in [2.45, 2.75) is 25.7 Å². The fourth-order valence-corrected chi connectivity index (χ4v) is 5.31. The van der Waals surface area contributed by atoms with Gasteiger partial charge < -0.3 is 9.47 Å². The average Bonchev–Trinajstić information content (AvgIpc) is 2.80. The van der Waals surface area contributed by atoms with Gasteiger partial charge in [0, 0.05) is 6.07 Å². The second-order valence-electron chi connectivity index (χ2n) is 7.89. The lowest BCUT2D eigenvalue weighted by molar-refractivity contribution is 0.411. The largest absolute Gasteiger partial charge is 0.496 e. The van der Waals surface area contributed by atoms with E-state index in [1.165, 1.54) is 11.7 Å². The van der Waals surface area contributed by atoms with Crippen molar-refractivity contribution in [2.75, 3.05) is 18.9 Å². The number of para-hydroxylation sites is 1. The van der Waals surface area contributed by atoms with E-state index in [1.54, 1.807) is 76.4 Å². The number of hydrogen-bond acceptors (Lipinski definition) is 6. The Morgan fingerprint density at radius 3 is 2.29 bits per heavy atom. The molecule has 0 spiro atoms. The van der Waals surface area contributed by atoms with E-state index in [1.807, 2.05) is 6.07 Å². The van der Waals surface area contributed by atoms with Gasteiger partial charge in [0.15, 0.2) is 0 Å². The number of aryl methyl sites for hydroxylation is 3. The molecule has 176 valence electrons. The standard InChI is InChI=1S/C25H25N3O5S/c1-15-13-24(16(2)12-22(15)32-4)34(30,31)27-21-11-10-18(14-23(21)33-5)28-17(3)26-20-9-7-6-8-19(20)25(28)29/h6-14,27H,1-5H3. The first-order valence-corrected chi connectivity index (χ1v) is 12.0. The lowest BCUT2D eigenvalue weighted by Gasteiger charge is -2.17. The van der Waals surface area contributed by atoms with Crippen LogP contribution in [0.25, 0.3) is 16.6 Å². The Morgan fingerprint density at radius 1 is 0.882 bits per heavy atom. The second-order valence-corrected chi connectivity index (χ2v) is 9.54. The zero-order valence-corrected chi connectivity index (χ0v) is 20.4. The van der Waals surface area contributed by atoms with Crippen molar-refractivity contribution in [1.29, 1.82) is 0 Å². The summed E-state index contributed by atoms with van der Waals surface area (Å²) in [5.74, 6) is 1.38. The van der Waals surface area contributed by atoms with Crippen molar-refractivity contribution in [2.24, 2.45) is 0 Å². The van der Waals surface area contributed by atoms with E-state index in [9.17, 15) is 13.2 Å². The minimum Gasteiger partial charge on any atom is -0.496 e. The summed E-state index contributed by atoms with van der Waals surface area (Å²) in [4.78, 5) is 17.8. The quantitative estimate of drug-likeness (QED) is 0.446. The lowest BCUT2D eigenvalue weighted by Crippen LogP contribution is -2.22. The molecule has 1 aromatic heterocycles. The highest BCUT2D eigenvalue weighted by Crippen LogP contribution is 2.32. The van der Waals surface area contributed by atoms with E-state index in [4.69, 9.17) is 9.47 Å². The predicted octanol–water partition coefficient (Wildman–Crippen LogP) is 4.13. The summed E-state index contributed by atoms with van der Waals surface area (Å²) >= 11 is 0. The van der Waals surface area contributed by atoms with Gasteiger partial charge in [0.25, 0.3) is 15.6 Å². The van der Waals surface area contributed by atoms with Gasteiger partial charge in [-0.15, -0.1) is 0 Å². The topological polar surface area (TPSA) is 99.5 Å². The maximum Gasteiger partial charge on any atom is 0.265 e. The number of nitrogens with zero attached hydrogens (tertiary/aromatic N) is 2. The van der Waals surface area contributed by atoms with Gasteiger partial charge in [-0.3, -0.25) is 14.1 Å². The molecule has 4 rings (SSSR count). The molecule has 34 heavy (non-hydrogen) atoms. The first-order valence-electron chi connectivity index (χ1n) is 10.5. The Hall–Kier alpha value is -3.85. The summed E-state index contributed by atoms with van der Waals surface area (Å²) in [5, 5.41) is 0.488. The van der Waals surface area contributed by atoms with E-state index in [2.05, 4.69) is 9.71 Å². The van der Waals surface area contributed by atoms with Crippen LogP contribution < -0.4 is 19.8 Å². The van der Waals surface area contributed by atoms with Crippen LogP contribution in [0.2, 0.25) is 0 Å². The number of nitrogens with one attached hydrogen (secondary N) is 1. The van der Waals surface area contributed by atoms with Crippen LogP contribution in [0.15, 0.2) is 64.3 Å². The van der Waals surface area contributed by atoms with Crippen LogP contribution in [0.5, 0.6) is 11.5 Å². The molecule has 3 aromatic carbocycles. The van der Waals surface area contributed by atoms with Crippen LogP contribution in [0.4, 0.5) is 5.69 Å². The van der Waals surface area contributed by atoms with Gasteiger partial charge in [-0.2, -0.15) is 0 Å². The van der Waals surface area contributed by atoms with Gasteiger partial charge in [-0.1, -0.05) is 12.1 Å². The molecule has 0 amide bonds. The van der Waals surface area contributed by atoms with E-state index in [0.717, 1.165) is 0 Å². The maximum atomic E-state index is 13.2. The lowest BCUT2D eigenvalue weighted by atomic mass is 10.1. The third-order valence-electron chi connectivity index (χ3n) is 5.61. The summed E-state index contributed by atoms with van der Waals surface area (Å²) in [7, 11) is -0.934. The summed E-state index contributed by atoms with van der Waals surface area (Å²) in [6, 6.07) is 15.2. The van der Waals surface area contributed by atoms with Crippen molar-refractivity contribution < 1.29 is 17.9 Å². The van der Waals surface area contributed by atoms with Crippen LogP contribution in [0, 0.1) is 20.8 Å². The molecule has 4 aromatic rings. The highest BCUT2D eigenvalue weighted by Gasteiger charge is 2.21. The van der Waals surface area contributed by atoms with Gasteiger partial charge in [0.2, 0.25) is 0 Å². The SMILES string of the molecule is COc1cc(C)c(S(=O)(=O)Nc2ccc(-n3c(C)nc4ccccc4c3=O)cc2OC)cc1C. The van der Waals surface area contributed by atoms with E-state index < -0.39 is 10.0 Å². The molecule has 0 atom stereocenters. The van der Waals surface area contributed by atoms with Gasteiger partial charge in [0.1, 0.15) is 17.3 Å². The van der Waals surface area contributed by atoms with Crippen LogP contribution in [-0.4, -0.2) is 32.2 Å². The minimum atomic E-state index is -3.91. The van der Waals surface area contributed by atoms with Crippen LogP contribution >= 0.6 is 0 Å². The van der Waals surface area contributed by atoms with Gasteiger partial charge in [-0.05, 0) is 68.3 Å². The Bertz CT molecular complexity index is 1580. The van der Waals surface area contributed by atoms with Crippen molar-refractivity contribution >= 4 is 26.6 Å². The zero-order chi connectivity index (χ0) is 24.6. The molecule has 0 saturated carbocycles. The second kappa shape index (κ2) is 8.83. The normalized spacial score (nSPS) is 11.4. The fraction of sp³-hybridized carbons (Fsp3) is 0.200. The summed E-state index contributed by atoms with van der Waals surface area (Å²) in [5.41, 5.74) is 2.41. The molecule has 0 bridgehead atoms. The molecule has 0 saturated heterocycles. The number of hydrogen-bond donors (Lipinski definition) is 1. The third kappa shape index (κ3) is 4.10. The molecule has 0 unspecified atom stereocenters. The monoisotopic (exact) mass is 479 g/mol. The van der Waals surface area contributed by atoms with Crippen molar-refractivity contribution in [3.63, 3.8) is 0 Å². The van der Waals surface area contributed by atoms with Crippen molar-refractivity contribution in [1.82, 2.24) is 9.55 Å². The number of sulfonamides is 1. The molecule has 0 aliphatic rings. The van der Waals surface area contributed by atoms with Crippen LogP contribution in [0.1, 0.15) is 17.0 Å². The van der Waals surface area contributed by atoms with Gasteiger partial charge >= 0.3 is 0 Å². The van der Waals surface area contributed by atoms with E-state index in [-0.39, 0.29) is 21.9 Å². The predicted molar refractivity (Wildman–Crippen MR) is 132 cm³/mol. The smallest absolute Gasteiger partial charge is 0.265 e. The molecule has 0 aliphatic heterocycles. The van der Waals surface area contributed by atoms with Crippen molar-refractivity contribution in [3.05, 3.63) is 81.9 Å². The van der Waals surface area contributed by atoms with Crippen LogP contribution in [0.3, 0.4) is 0 Å². The molecule has 1 N–H and O–H groups in total. The van der Waals surface area contributed by atoms with Gasteiger partial charge in [0.05, 0.1) is 41.4 Å². The third-order valence-corrected chi connectivity index (χ3v) is 7.12. The van der Waals surface area contributed by atoms with Crippen LogP contribution in [-0.2, 0) is 10.0 Å². The fourth-order valence-electron chi connectivity index (χ4n) is 3.92. The molecule has 0 radical (unpaired) electrons. The Kier molecular flexibility index (Phi) is 6.05. The minimum absolute atomic E-state index is 0.141. The Morgan fingerprint density at radius 2 is 1.59 bits per heavy atom. The molecule has 8 nitrogen and oxygen atoms in total. The summed E-state index contributed by atoms with van der Waals surface area (Å²) in [6.07, 6.45) is 0. The molecule has 9 heteroatoms. The molecular weight excluding hydrogens is 454 g/mol. The number of benzene rings is 3. The first kappa shape index (κ1) is 23.3. The Balaban J connectivity index is 1.77. The Labute approximate surface area is 197 Å². The molecular formula is C25H25N3O5S. The number of ether oxygens (including phenoxy) is 2. The molecule has 0 aliphatic carbocycles. The summed E-state index contributed by atoms with van der Waals surface area (Å²) in [6.45, 7) is 5.23. The number of fused-ring (bicyclic) bond motifs is 1. The molecule has 1 heterocycles. The van der Waals surface area contributed by atoms with E-state index in [0.29, 0.717) is 39.3 Å². The zero-order valence-electron chi connectivity index (χ0n) is 19.5.